The van der Waals surface area contributed by atoms with Crippen LogP contribution in [-0.2, 0) is 30.2 Å². The first kappa shape index (κ1) is 24.9. The van der Waals surface area contributed by atoms with Crippen molar-refractivity contribution in [2.45, 2.75) is 83.0 Å². The quantitative estimate of drug-likeness (QED) is 0.470. The Morgan fingerprint density at radius 1 is 1.25 bits per heavy atom. The van der Waals surface area contributed by atoms with E-state index in [1.54, 1.807) is 7.11 Å². The molecular weight excluding hydrogens is 462 g/mol. The number of hydrogen-bond donors (Lipinski definition) is 0. The molecular formula is C28H37NO7. The summed E-state index contributed by atoms with van der Waals surface area (Å²) >= 11 is 0. The summed E-state index contributed by atoms with van der Waals surface area (Å²) < 4.78 is 28.9. The minimum Gasteiger partial charge on any atom is -0.497 e. The van der Waals surface area contributed by atoms with Gasteiger partial charge in [0.1, 0.15) is 5.76 Å². The van der Waals surface area contributed by atoms with Crippen LogP contribution in [0, 0.1) is 5.92 Å². The summed E-state index contributed by atoms with van der Waals surface area (Å²) in [6.45, 7) is 8.41. The molecule has 3 aliphatic heterocycles. The van der Waals surface area contributed by atoms with E-state index < -0.39 is 17.7 Å². The molecule has 0 bridgehead atoms. The van der Waals surface area contributed by atoms with Crippen LogP contribution in [0.3, 0.4) is 0 Å². The Morgan fingerprint density at radius 2 is 2.00 bits per heavy atom. The monoisotopic (exact) mass is 499 g/mol. The van der Waals surface area contributed by atoms with Crippen LogP contribution in [0.4, 0.5) is 0 Å². The zero-order valence-electron chi connectivity index (χ0n) is 21.7. The Morgan fingerprint density at radius 3 is 2.67 bits per heavy atom. The van der Waals surface area contributed by atoms with Crippen LogP contribution in [0.15, 0.2) is 24.0 Å². The van der Waals surface area contributed by atoms with E-state index in [0.29, 0.717) is 23.8 Å². The summed E-state index contributed by atoms with van der Waals surface area (Å²) in [5.41, 5.74) is 1.05. The fourth-order valence-electron chi connectivity index (χ4n) is 5.82. The lowest BCUT2D eigenvalue weighted by Crippen LogP contribution is -2.56. The van der Waals surface area contributed by atoms with Crippen LogP contribution >= 0.6 is 0 Å². The number of carbonyl (C=O) groups excluding carboxylic acids is 2. The highest BCUT2D eigenvalue weighted by molar-refractivity contribution is 5.93. The molecule has 3 heterocycles. The van der Waals surface area contributed by atoms with Gasteiger partial charge in [-0.25, -0.2) is 4.79 Å². The molecule has 4 aliphatic rings. The molecule has 8 nitrogen and oxygen atoms in total. The van der Waals surface area contributed by atoms with Gasteiger partial charge in [-0.2, -0.15) is 0 Å². The van der Waals surface area contributed by atoms with Crippen LogP contribution in [0.2, 0.25) is 0 Å². The van der Waals surface area contributed by atoms with Gasteiger partial charge in [0.2, 0.25) is 12.4 Å². The molecule has 0 aromatic heterocycles. The lowest BCUT2D eigenvalue weighted by Gasteiger charge is -2.40. The SMILES string of the molecule is CCCCN1CCc2cc3c(cc2[C@@H]2[C@H](OC(=O)[C@@]4(CCC(C)C)CC(=O)O4)C(OC)=C[C@@H]21)OCO3. The molecule has 1 aromatic rings. The summed E-state index contributed by atoms with van der Waals surface area (Å²) in [6.07, 6.45) is 5.81. The molecule has 196 valence electrons. The van der Waals surface area contributed by atoms with E-state index in [-0.39, 0.29) is 31.1 Å². The second-order valence-electron chi connectivity index (χ2n) is 10.7. The number of hydrogen-bond acceptors (Lipinski definition) is 8. The largest absolute Gasteiger partial charge is 0.497 e. The summed E-state index contributed by atoms with van der Waals surface area (Å²) in [4.78, 5) is 27.9. The van der Waals surface area contributed by atoms with Gasteiger partial charge in [-0.15, -0.1) is 0 Å². The Labute approximate surface area is 212 Å². The molecule has 0 radical (unpaired) electrons. The zero-order chi connectivity index (χ0) is 25.4. The minimum atomic E-state index is -1.21. The van der Waals surface area contributed by atoms with Gasteiger partial charge in [-0.05, 0) is 67.5 Å². The van der Waals surface area contributed by atoms with Crippen molar-refractivity contribution in [1.82, 2.24) is 4.90 Å². The molecule has 8 heteroatoms. The zero-order valence-corrected chi connectivity index (χ0v) is 21.7. The molecule has 0 amide bonds. The molecule has 1 aliphatic carbocycles. The summed E-state index contributed by atoms with van der Waals surface area (Å²) in [6, 6.07) is 4.13. The first-order chi connectivity index (χ1) is 17.3. The van der Waals surface area contributed by atoms with Crippen molar-refractivity contribution in [1.29, 1.82) is 0 Å². The number of carbonyl (C=O) groups is 2. The van der Waals surface area contributed by atoms with Crippen LogP contribution in [0.25, 0.3) is 0 Å². The number of cyclic esters (lactones) is 1. The van der Waals surface area contributed by atoms with Gasteiger partial charge in [0.05, 0.1) is 13.5 Å². The number of unbranched alkanes of at least 4 members (excludes halogenated alkanes) is 1. The van der Waals surface area contributed by atoms with Gasteiger partial charge in [0, 0.05) is 18.5 Å². The number of methoxy groups -OCH3 is 1. The highest BCUT2D eigenvalue weighted by Crippen LogP contribution is 2.48. The van der Waals surface area contributed by atoms with E-state index >= 15 is 0 Å². The van der Waals surface area contributed by atoms with E-state index in [2.05, 4.69) is 37.8 Å². The Kier molecular flexibility index (Phi) is 6.90. The lowest BCUT2D eigenvalue weighted by atomic mass is 9.85. The molecule has 0 spiro atoms. The highest BCUT2D eigenvalue weighted by Gasteiger charge is 2.56. The van der Waals surface area contributed by atoms with Crippen molar-refractivity contribution < 1.29 is 33.3 Å². The molecule has 5 rings (SSSR count). The summed E-state index contributed by atoms with van der Waals surface area (Å²) in [5.74, 6) is 1.48. The predicted octanol–water partition coefficient (Wildman–Crippen LogP) is 4.10. The van der Waals surface area contributed by atoms with Gasteiger partial charge < -0.3 is 23.7 Å². The normalized spacial score (nSPS) is 28.5. The van der Waals surface area contributed by atoms with E-state index in [9.17, 15) is 9.59 Å². The average molecular weight is 500 g/mol. The molecule has 1 saturated heterocycles. The molecule has 1 aromatic carbocycles. The molecule has 4 atom stereocenters. The molecule has 0 unspecified atom stereocenters. The molecule has 1 fully saturated rings. The van der Waals surface area contributed by atoms with Gasteiger partial charge in [-0.3, -0.25) is 9.69 Å². The number of nitrogens with zero attached hydrogens (tertiary/aromatic N) is 1. The van der Waals surface area contributed by atoms with Crippen LogP contribution in [0.5, 0.6) is 11.5 Å². The van der Waals surface area contributed by atoms with Crippen LogP contribution in [-0.4, -0.2) is 61.6 Å². The number of fused-ring (bicyclic) bond motifs is 4. The topological polar surface area (TPSA) is 83.5 Å². The van der Waals surface area contributed by atoms with Gasteiger partial charge in [0.25, 0.3) is 0 Å². The van der Waals surface area contributed by atoms with Crippen molar-refractivity contribution in [2.24, 2.45) is 5.92 Å². The standard InChI is InChI=1S/C28H37NO7/c1-5-6-10-29-11-8-18-12-21-22(34-16-33-21)13-19(18)25-20(29)14-23(32-4)26(25)35-27(31)28(9-7-17(2)3)15-24(30)36-28/h12-14,17,20,25-26H,5-11,15-16H2,1-4H3/t20-,25-,26+,28+/m0/s1. The Hall–Kier alpha value is -2.74. The smallest absolute Gasteiger partial charge is 0.351 e. The minimum absolute atomic E-state index is 0.0153. The van der Waals surface area contributed by atoms with Crippen molar-refractivity contribution in [2.75, 3.05) is 27.0 Å². The fraction of sp³-hybridized carbons (Fsp3) is 0.643. The van der Waals surface area contributed by atoms with Crippen LogP contribution < -0.4 is 9.47 Å². The summed E-state index contributed by atoms with van der Waals surface area (Å²) in [5, 5.41) is 0. The maximum absolute atomic E-state index is 13.6. The first-order valence-electron chi connectivity index (χ1n) is 13.2. The average Bonchev–Trinajstić information content (AvgIpc) is 3.40. The van der Waals surface area contributed by atoms with Crippen molar-refractivity contribution in [3.63, 3.8) is 0 Å². The summed E-state index contributed by atoms with van der Waals surface area (Å²) in [7, 11) is 1.62. The van der Waals surface area contributed by atoms with Crippen molar-refractivity contribution in [3.05, 3.63) is 35.1 Å². The third-order valence-electron chi connectivity index (χ3n) is 7.90. The van der Waals surface area contributed by atoms with Crippen LogP contribution in [0.1, 0.15) is 69.9 Å². The van der Waals surface area contributed by atoms with E-state index in [1.807, 2.05) is 6.07 Å². The number of ether oxygens (including phenoxy) is 5. The molecule has 36 heavy (non-hydrogen) atoms. The third-order valence-corrected chi connectivity index (χ3v) is 7.90. The highest BCUT2D eigenvalue weighted by atomic mass is 16.7. The number of benzene rings is 1. The third kappa shape index (κ3) is 4.44. The fourth-order valence-corrected chi connectivity index (χ4v) is 5.82. The second kappa shape index (κ2) is 9.96. The first-order valence-corrected chi connectivity index (χ1v) is 13.2. The lowest BCUT2D eigenvalue weighted by molar-refractivity contribution is -0.212. The van der Waals surface area contributed by atoms with Crippen molar-refractivity contribution >= 4 is 11.9 Å². The molecule has 0 saturated carbocycles. The Balaban J connectivity index is 1.49. The van der Waals surface area contributed by atoms with Gasteiger partial charge in [0.15, 0.2) is 17.6 Å². The molecule has 0 N–H and O–H groups in total. The predicted molar refractivity (Wildman–Crippen MR) is 132 cm³/mol. The van der Waals surface area contributed by atoms with E-state index in [4.69, 9.17) is 23.7 Å². The Bertz CT molecular complexity index is 1040. The maximum Gasteiger partial charge on any atom is 0.351 e. The van der Waals surface area contributed by atoms with E-state index in [0.717, 1.165) is 50.1 Å². The van der Waals surface area contributed by atoms with E-state index in [1.165, 1.54) is 5.56 Å². The van der Waals surface area contributed by atoms with Crippen molar-refractivity contribution in [3.8, 4) is 11.5 Å². The van der Waals surface area contributed by atoms with Gasteiger partial charge in [-0.1, -0.05) is 27.2 Å². The van der Waals surface area contributed by atoms with Gasteiger partial charge >= 0.3 is 11.9 Å². The number of rotatable bonds is 9. The second-order valence-corrected chi connectivity index (χ2v) is 10.7. The maximum atomic E-state index is 13.6. The number of esters is 2.